The van der Waals surface area contributed by atoms with Crippen LogP contribution in [0.25, 0.3) is 0 Å². The van der Waals surface area contributed by atoms with E-state index in [0.29, 0.717) is 12.0 Å². The molecule has 3 rings (SSSR count). The van der Waals surface area contributed by atoms with Gasteiger partial charge in [0.1, 0.15) is 5.82 Å². The summed E-state index contributed by atoms with van der Waals surface area (Å²) in [5.41, 5.74) is 3.22. The molecule has 1 fully saturated rings. The zero-order chi connectivity index (χ0) is 16.1. The van der Waals surface area contributed by atoms with Crippen LogP contribution in [0, 0.1) is 13.8 Å². The lowest BCUT2D eigenvalue weighted by Crippen LogP contribution is -2.19. The van der Waals surface area contributed by atoms with E-state index in [9.17, 15) is 0 Å². The predicted octanol–water partition coefficient (Wildman–Crippen LogP) is 4.97. The van der Waals surface area contributed by atoms with Crippen molar-refractivity contribution in [2.24, 2.45) is 0 Å². The normalized spacial score (nSPS) is 15.9. The van der Waals surface area contributed by atoms with Crippen molar-refractivity contribution in [3.63, 3.8) is 0 Å². The molecule has 122 valence electrons. The molecular weight excluding hydrogens is 284 g/mol. The monoisotopic (exact) mass is 310 g/mol. The lowest BCUT2D eigenvalue weighted by atomic mass is 10.1. The molecule has 4 heteroatoms. The fraction of sp³-hybridized carbons (Fsp3) is 0.474. The van der Waals surface area contributed by atoms with Crippen molar-refractivity contribution in [3.8, 4) is 0 Å². The Labute approximate surface area is 138 Å². The quantitative estimate of drug-likeness (QED) is 0.783. The fourth-order valence-electron chi connectivity index (χ4n) is 3.18. The molecule has 0 bridgehead atoms. The van der Waals surface area contributed by atoms with E-state index in [1.165, 1.54) is 44.1 Å². The van der Waals surface area contributed by atoms with Crippen molar-refractivity contribution in [1.29, 1.82) is 0 Å². The third-order valence-corrected chi connectivity index (χ3v) is 4.34. The minimum atomic E-state index is 0.540. The molecule has 1 aliphatic carbocycles. The molecule has 4 nitrogen and oxygen atoms in total. The van der Waals surface area contributed by atoms with E-state index in [1.54, 1.807) is 0 Å². The maximum absolute atomic E-state index is 4.65. The zero-order valence-corrected chi connectivity index (χ0v) is 14.1. The van der Waals surface area contributed by atoms with Crippen molar-refractivity contribution in [2.45, 2.75) is 58.4 Å². The van der Waals surface area contributed by atoms with E-state index >= 15 is 0 Å². The van der Waals surface area contributed by atoms with Crippen LogP contribution in [0.5, 0.6) is 0 Å². The van der Waals surface area contributed by atoms with Crippen molar-refractivity contribution in [1.82, 2.24) is 9.97 Å². The Kier molecular flexibility index (Phi) is 5.11. The van der Waals surface area contributed by atoms with Gasteiger partial charge >= 0.3 is 0 Å². The largest absolute Gasteiger partial charge is 0.367 e. The lowest BCUT2D eigenvalue weighted by molar-refractivity contribution is 0.617. The molecule has 0 unspecified atom stereocenters. The van der Waals surface area contributed by atoms with Crippen LogP contribution in [0.1, 0.15) is 49.8 Å². The van der Waals surface area contributed by atoms with Crippen LogP contribution in [0.3, 0.4) is 0 Å². The molecule has 0 aliphatic heterocycles. The first kappa shape index (κ1) is 15.8. The number of rotatable bonds is 4. The van der Waals surface area contributed by atoms with Crippen molar-refractivity contribution in [2.75, 3.05) is 10.6 Å². The van der Waals surface area contributed by atoms with E-state index in [4.69, 9.17) is 0 Å². The number of aromatic nitrogens is 2. The van der Waals surface area contributed by atoms with E-state index in [2.05, 4.69) is 39.7 Å². The van der Waals surface area contributed by atoms with Gasteiger partial charge in [0.2, 0.25) is 5.95 Å². The van der Waals surface area contributed by atoms with E-state index in [0.717, 1.165) is 17.2 Å². The average Bonchev–Trinajstić information content (AvgIpc) is 2.75. The van der Waals surface area contributed by atoms with E-state index in [-0.39, 0.29) is 0 Å². The molecule has 1 aromatic carbocycles. The summed E-state index contributed by atoms with van der Waals surface area (Å²) in [6.07, 6.45) is 7.84. The summed E-state index contributed by atoms with van der Waals surface area (Å²) >= 11 is 0. The molecule has 1 aliphatic rings. The number of nitrogens with zero attached hydrogens (tertiary/aromatic N) is 2. The average molecular weight is 310 g/mol. The molecule has 0 saturated heterocycles. The first-order valence-corrected chi connectivity index (χ1v) is 8.65. The Bertz CT molecular complexity index is 646. The molecule has 0 amide bonds. The Morgan fingerprint density at radius 3 is 2.48 bits per heavy atom. The predicted molar refractivity (Wildman–Crippen MR) is 96.3 cm³/mol. The van der Waals surface area contributed by atoms with Gasteiger partial charge < -0.3 is 10.6 Å². The maximum Gasteiger partial charge on any atom is 0.229 e. The SMILES string of the molecule is Cc1cccc(Nc2nc(C)cc(NC3CCCCCC3)n2)c1. The smallest absolute Gasteiger partial charge is 0.229 e. The van der Waals surface area contributed by atoms with Gasteiger partial charge in [-0.05, 0) is 44.4 Å². The molecular formula is C19H26N4. The molecule has 2 N–H and O–H groups in total. The van der Waals surface area contributed by atoms with Crippen LogP contribution in [0.15, 0.2) is 30.3 Å². The molecule has 1 aromatic heterocycles. The zero-order valence-electron chi connectivity index (χ0n) is 14.1. The Morgan fingerprint density at radius 2 is 1.74 bits per heavy atom. The van der Waals surface area contributed by atoms with E-state index in [1.807, 2.05) is 25.1 Å². The van der Waals surface area contributed by atoms with Crippen LogP contribution in [0.2, 0.25) is 0 Å². The molecule has 0 spiro atoms. The molecule has 1 heterocycles. The van der Waals surface area contributed by atoms with Gasteiger partial charge in [-0.1, -0.05) is 37.8 Å². The highest BCUT2D eigenvalue weighted by Crippen LogP contribution is 2.22. The first-order valence-electron chi connectivity index (χ1n) is 8.65. The number of anilines is 3. The molecule has 0 radical (unpaired) electrons. The lowest BCUT2D eigenvalue weighted by Gasteiger charge is -2.18. The van der Waals surface area contributed by atoms with E-state index < -0.39 is 0 Å². The van der Waals surface area contributed by atoms with Crippen LogP contribution in [-0.4, -0.2) is 16.0 Å². The second-order valence-corrected chi connectivity index (χ2v) is 6.55. The van der Waals surface area contributed by atoms with Gasteiger partial charge in [-0.25, -0.2) is 4.98 Å². The minimum absolute atomic E-state index is 0.540. The van der Waals surface area contributed by atoms with Crippen LogP contribution < -0.4 is 10.6 Å². The molecule has 1 saturated carbocycles. The second-order valence-electron chi connectivity index (χ2n) is 6.55. The third kappa shape index (κ3) is 4.68. The Balaban J connectivity index is 1.73. The van der Waals surface area contributed by atoms with Gasteiger partial charge in [0.25, 0.3) is 0 Å². The summed E-state index contributed by atoms with van der Waals surface area (Å²) in [5.74, 6) is 1.59. The van der Waals surface area contributed by atoms with Crippen LogP contribution >= 0.6 is 0 Å². The highest BCUT2D eigenvalue weighted by Gasteiger charge is 2.13. The van der Waals surface area contributed by atoms with Gasteiger partial charge in [0.05, 0.1) is 0 Å². The van der Waals surface area contributed by atoms with Crippen molar-refractivity contribution < 1.29 is 0 Å². The molecule has 0 atom stereocenters. The topological polar surface area (TPSA) is 49.8 Å². The summed E-state index contributed by atoms with van der Waals surface area (Å²) in [4.78, 5) is 9.16. The molecule has 23 heavy (non-hydrogen) atoms. The van der Waals surface area contributed by atoms with Gasteiger partial charge in [-0.3, -0.25) is 0 Å². The minimum Gasteiger partial charge on any atom is -0.367 e. The molecule has 2 aromatic rings. The van der Waals surface area contributed by atoms with Crippen molar-refractivity contribution >= 4 is 17.5 Å². The van der Waals surface area contributed by atoms with Gasteiger partial charge in [-0.15, -0.1) is 0 Å². The van der Waals surface area contributed by atoms with Crippen LogP contribution in [-0.2, 0) is 0 Å². The maximum atomic E-state index is 4.65. The third-order valence-electron chi connectivity index (χ3n) is 4.34. The summed E-state index contributed by atoms with van der Waals surface area (Å²) in [7, 11) is 0. The van der Waals surface area contributed by atoms with Gasteiger partial charge in [0, 0.05) is 23.5 Å². The number of hydrogen-bond acceptors (Lipinski definition) is 4. The summed E-state index contributed by atoms with van der Waals surface area (Å²) in [5, 5.41) is 6.92. The fourth-order valence-corrected chi connectivity index (χ4v) is 3.18. The number of aryl methyl sites for hydroxylation is 2. The first-order chi connectivity index (χ1) is 11.2. The summed E-state index contributed by atoms with van der Waals surface area (Å²) in [6, 6.07) is 10.8. The second kappa shape index (κ2) is 7.44. The highest BCUT2D eigenvalue weighted by atomic mass is 15.1. The summed E-state index contributed by atoms with van der Waals surface area (Å²) in [6.45, 7) is 4.10. The van der Waals surface area contributed by atoms with Crippen molar-refractivity contribution in [3.05, 3.63) is 41.6 Å². The Morgan fingerprint density at radius 1 is 0.957 bits per heavy atom. The number of nitrogens with one attached hydrogen (secondary N) is 2. The van der Waals surface area contributed by atoms with Crippen LogP contribution in [0.4, 0.5) is 17.5 Å². The highest BCUT2D eigenvalue weighted by molar-refractivity contribution is 5.56. The number of benzene rings is 1. The standard InChI is InChI=1S/C19H26N4/c1-14-8-7-11-17(12-14)22-19-20-15(2)13-18(23-19)21-16-9-5-3-4-6-10-16/h7-8,11-13,16H,3-6,9-10H2,1-2H3,(H2,20,21,22,23). The van der Waals surface area contributed by atoms with Gasteiger partial charge in [-0.2, -0.15) is 4.98 Å². The number of hydrogen-bond donors (Lipinski definition) is 2. The van der Waals surface area contributed by atoms with Gasteiger partial charge in [0.15, 0.2) is 0 Å². The Hall–Kier alpha value is -2.10. The summed E-state index contributed by atoms with van der Waals surface area (Å²) < 4.78 is 0.